The largest absolute Gasteiger partial charge is 0.607 e. The van der Waals surface area contributed by atoms with E-state index in [4.69, 9.17) is 0 Å². The van der Waals surface area contributed by atoms with Crippen molar-refractivity contribution < 1.29 is 5.17 Å². The maximum absolute atomic E-state index is 9.98. The van der Waals surface area contributed by atoms with Crippen LogP contribution in [0.25, 0.3) is 0 Å². The van der Waals surface area contributed by atoms with Gasteiger partial charge in [-0.3, -0.25) is 5.43 Å². The summed E-state index contributed by atoms with van der Waals surface area (Å²) < 4.78 is 0. The van der Waals surface area contributed by atoms with Crippen molar-refractivity contribution in [2.75, 3.05) is 0 Å². The van der Waals surface area contributed by atoms with Crippen LogP contribution in [0.2, 0.25) is 0 Å². The molecule has 0 fully saturated rings. The number of rotatable bonds is 0. The highest BCUT2D eigenvalue weighted by Gasteiger charge is 1.90. The van der Waals surface area contributed by atoms with Gasteiger partial charge in [0.05, 0.1) is 6.20 Å². The summed E-state index contributed by atoms with van der Waals surface area (Å²) >= 11 is 0. The van der Waals surface area contributed by atoms with E-state index in [1.165, 1.54) is 6.20 Å². The molecule has 0 saturated carbocycles. The van der Waals surface area contributed by atoms with Gasteiger partial charge in [-0.15, -0.1) is 0 Å². The Hall–Kier alpha value is -0.580. The van der Waals surface area contributed by atoms with Gasteiger partial charge in [-0.05, 0) is 0 Å². The smallest absolute Gasteiger partial charge is 0.133 e. The minimum atomic E-state index is -0.0880. The number of hydrogen-bond acceptors (Lipinski definition) is 3. The van der Waals surface area contributed by atoms with Crippen LogP contribution >= 0.6 is 0 Å². The summed E-state index contributed by atoms with van der Waals surface area (Å²) in [5.74, 6) is 0. The molecule has 0 aromatic heterocycles. The average Bonchev–Trinajstić information content (AvgIpc) is 1.86. The standard InChI is InChI=1S/C2H5N3O/c6-5-2-1-3-4-5/h1-5H. The highest BCUT2D eigenvalue weighted by molar-refractivity contribution is 4.67. The molecule has 34 valence electrons. The fourth-order valence-corrected chi connectivity index (χ4v) is 0.272. The van der Waals surface area contributed by atoms with Crippen molar-refractivity contribution in [1.29, 1.82) is 0 Å². The molecule has 1 aliphatic heterocycles. The SMILES string of the molecule is [O-][NH+]1C=CNN1. The predicted octanol–water partition coefficient (Wildman–Crippen LogP) is -2.14. The van der Waals surface area contributed by atoms with E-state index in [0.29, 0.717) is 0 Å². The summed E-state index contributed by atoms with van der Waals surface area (Å²) in [5, 5.41) is 9.89. The molecule has 0 amide bonds. The van der Waals surface area contributed by atoms with Crippen LogP contribution in [0.1, 0.15) is 0 Å². The Balaban J connectivity index is 2.38. The summed E-state index contributed by atoms with van der Waals surface area (Å²) in [6.07, 6.45) is 2.96. The lowest BCUT2D eigenvalue weighted by Crippen LogP contribution is -3.09. The minimum Gasteiger partial charge on any atom is -0.607 e. The van der Waals surface area contributed by atoms with Gasteiger partial charge in [-0.1, -0.05) is 5.53 Å². The molecular formula is C2H5N3O. The summed E-state index contributed by atoms with van der Waals surface area (Å²) in [6, 6.07) is 0. The summed E-state index contributed by atoms with van der Waals surface area (Å²) in [6.45, 7) is 0. The Kier molecular flexibility index (Phi) is 0.754. The second-order valence-electron chi connectivity index (χ2n) is 0.967. The van der Waals surface area contributed by atoms with E-state index >= 15 is 0 Å². The number of nitrogens with one attached hydrogen (secondary N) is 3. The van der Waals surface area contributed by atoms with Crippen molar-refractivity contribution >= 4 is 0 Å². The lowest BCUT2D eigenvalue weighted by atomic mass is 11.0. The summed E-state index contributed by atoms with van der Waals surface area (Å²) in [4.78, 5) is 0. The lowest BCUT2D eigenvalue weighted by Gasteiger charge is -2.08. The molecule has 0 aromatic rings. The zero-order valence-corrected chi connectivity index (χ0v) is 3.06. The Labute approximate surface area is 35.0 Å². The molecule has 0 aliphatic carbocycles. The molecular weight excluding hydrogens is 82.0 g/mol. The van der Waals surface area contributed by atoms with Gasteiger partial charge < -0.3 is 5.21 Å². The van der Waals surface area contributed by atoms with Crippen molar-refractivity contribution in [3.63, 3.8) is 0 Å². The summed E-state index contributed by atoms with van der Waals surface area (Å²) in [7, 11) is 0. The van der Waals surface area contributed by atoms with Gasteiger partial charge in [0, 0.05) is 0 Å². The topological polar surface area (TPSA) is 51.6 Å². The van der Waals surface area contributed by atoms with E-state index in [1.54, 1.807) is 6.20 Å². The van der Waals surface area contributed by atoms with Gasteiger partial charge in [0.2, 0.25) is 0 Å². The zero-order chi connectivity index (χ0) is 4.41. The van der Waals surface area contributed by atoms with Gasteiger partial charge in [0.15, 0.2) is 0 Å². The van der Waals surface area contributed by atoms with E-state index < -0.39 is 0 Å². The van der Waals surface area contributed by atoms with Crippen molar-refractivity contribution in [3.8, 4) is 0 Å². The van der Waals surface area contributed by atoms with Crippen LogP contribution in [0.3, 0.4) is 0 Å². The first-order valence-electron chi connectivity index (χ1n) is 1.61. The van der Waals surface area contributed by atoms with E-state index in [1.807, 2.05) is 0 Å². The molecule has 0 radical (unpaired) electrons. The van der Waals surface area contributed by atoms with Gasteiger partial charge in [0.25, 0.3) is 0 Å². The quantitative estimate of drug-likeness (QED) is 0.296. The third kappa shape index (κ3) is 0.486. The van der Waals surface area contributed by atoms with Gasteiger partial charge in [0.1, 0.15) is 6.20 Å². The first-order valence-corrected chi connectivity index (χ1v) is 1.61. The molecule has 4 nitrogen and oxygen atoms in total. The lowest BCUT2D eigenvalue weighted by molar-refractivity contribution is -0.840. The minimum absolute atomic E-state index is 0.0880. The normalized spacial score (nSPS) is 30.5. The Morgan fingerprint density at radius 1 is 1.67 bits per heavy atom. The molecule has 4 heteroatoms. The van der Waals surface area contributed by atoms with Crippen LogP contribution in [0.5, 0.6) is 0 Å². The van der Waals surface area contributed by atoms with Crippen molar-refractivity contribution in [2.24, 2.45) is 0 Å². The second kappa shape index (κ2) is 1.25. The van der Waals surface area contributed by atoms with Gasteiger partial charge in [-0.2, -0.15) is 0 Å². The maximum atomic E-state index is 9.98. The molecule has 6 heavy (non-hydrogen) atoms. The number of hydrazine groups is 1. The monoisotopic (exact) mass is 87.0 g/mol. The van der Waals surface area contributed by atoms with Crippen LogP contribution in [0.15, 0.2) is 12.4 Å². The van der Waals surface area contributed by atoms with Crippen LogP contribution in [0, 0.1) is 5.21 Å². The Morgan fingerprint density at radius 2 is 2.50 bits per heavy atom. The average molecular weight is 87.1 g/mol. The van der Waals surface area contributed by atoms with Crippen LogP contribution < -0.4 is 16.1 Å². The van der Waals surface area contributed by atoms with Crippen molar-refractivity contribution in [3.05, 3.63) is 17.6 Å². The van der Waals surface area contributed by atoms with Crippen LogP contribution in [-0.4, -0.2) is 0 Å². The second-order valence-corrected chi connectivity index (χ2v) is 0.967. The molecule has 0 spiro atoms. The fraction of sp³-hybridized carbons (Fsp3) is 0. The molecule has 1 aliphatic rings. The van der Waals surface area contributed by atoms with Crippen LogP contribution in [-0.2, 0) is 0 Å². The molecule has 0 saturated heterocycles. The third-order valence-electron chi connectivity index (χ3n) is 0.513. The molecule has 1 atom stereocenters. The maximum Gasteiger partial charge on any atom is 0.133 e. The highest BCUT2D eigenvalue weighted by Crippen LogP contribution is 1.51. The predicted molar refractivity (Wildman–Crippen MR) is 19.7 cm³/mol. The molecule has 3 N–H and O–H groups in total. The van der Waals surface area contributed by atoms with Gasteiger partial charge >= 0.3 is 0 Å². The fourth-order valence-electron chi connectivity index (χ4n) is 0.272. The summed E-state index contributed by atoms with van der Waals surface area (Å²) in [5.41, 5.74) is 4.81. The van der Waals surface area contributed by atoms with E-state index in [2.05, 4.69) is 11.0 Å². The van der Waals surface area contributed by atoms with E-state index in [0.717, 1.165) is 0 Å². The Morgan fingerprint density at radius 3 is 2.67 bits per heavy atom. The highest BCUT2D eigenvalue weighted by atomic mass is 16.5. The molecule has 0 aromatic carbocycles. The molecule has 1 unspecified atom stereocenters. The molecule has 0 bridgehead atoms. The van der Waals surface area contributed by atoms with Crippen LogP contribution in [0.4, 0.5) is 0 Å². The number of hydrogen-bond donors (Lipinski definition) is 3. The first-order chi connectivity index (χ1) is 2.89. The Bertz CT molecular complexity index is 71.2. The van der Waals surface area contributed by atoms with E-state index in [9.17, 15) is 5.21 Å². The third-order valence-corrected chi connectivity index (χ3v) is 0.513. The van der Waals surface area contributed by atoms with Gasteiger partial charge in [-0.25, -0.2) is 5.17 Å². The number of quaternary nitrogens is 1. The molecule has 1 heterocycles. The first kappa shape index (κ1) is 3.60. The van der Waals surface area contributed by atoms with Crippen molar-refractivity contribution in [2.45, 2.75) is 0 Å². The molecule has 1 rings (SSSR count). The zero-order valence-electron chi connectivity index (χ0n) is 3.06. The van der Waals surface area contributed by atoms with E-state index in [-0.39, 0.29) is 5.17 Å². The number of hydroxylamine groups is 1. The van der Waals surface area contributed by atoms with Crippen molar-refractivity contribution in [1.82, 2.24) is 11.0 Å².